The van der Waals surface area contributed by atoms with Gasteiger partial charge in [-0.1, -0.05) is 74.3 Å². The lowest BCUT2D eigenvalue weighted by molar-refractivity contribution is 0.483. The fourth-order valence-electron chi connectivity index (χ4n) is 3.83. The minimum absolute atomic E-state index is 0.286. The predicted octanol–water partition coefficient (Wildman–Crippen LogP) is 7.89. The molecule has 26 heavy (non-hydrogen) atoms. The minimum Gasteiger partial charge on any atom is -0.543 e. The highest BCUT2D eigenvalue weighted by Crippen LogP contribution is 2.42. The topological polar surface area (TPSA) is 9.23 Å². The van der Waals surface area contributed by atoms with Crippen LogP contribution in [0.2, 0.25) is 28.2 Å². The number of rotatable bonds is 6. The molecule has 0 amide bonds. The van der Waals surface area contributed by atoms with E-state index in [4.69, 9.17) is 27.6 Å². The Bertz CT molecular complexity index is 803. The second-order valence-electron chi connectivity index (χ2n) is 6.96. The molecule has 3 rings (SSSR count). The molecule has 0 radical (unpaired) electrons. The predicted molar refractivity (Wildman–Crippen MR) is 116 cm³/mol. The van der Waals surface area contributed by atoms with Gasteiger partial charge in [-0.05, 0) is 53.9 Å². The summed E-state index contributed by atoms with van der Waals surface area (Å²) in [5.41, 5.74) is 3.74. The summed E-state index contributed by atoms with van der Waals surface area (Å²) in [4.78, 5) is 0. The summed E-state index contributed by atoms with van der Waals surface area (Å²) in [7, 11) is -1.70. The molecular weight excluding hydrogens is 379 g/mol. The van der Waals surface area contributed by atoms with Crippen molar-refractivity contribution in [3.8, 4) is 0 Å². The normalized spacial score (nSPS) is 16.8. The molecule has 0 bridgehead atoms. The van der Waals surface area contributed by atoms with Crippen molar-refractivity contribution >= 4 is 37.3 Å². The van der Waals surface area contributed by atoms with Crippen molar-refractivity contribution in [2.24, 2.45) is 0 Å². The monoisotopic (exact) mass is 404 g/mol. The van der Waals surface area contributed by atoms with Gasteiger partial charge in [0.2, 0.25) is 8.32 Å². The van der Waals surface area contributed by atoms with Crippen LogP contribution in [0, 0.1) is 0 Å². The molecule has 0 fully saturated rings. The molecule has 2 aromatic carbocycles. The van der Waals surface area contributed by atoms with Gasteiger partial charge < -0.3 is 4.43 Å². The fraction of sp³-hybridized carbons (Fsp3) is 0.364. The van der Waals surface area contributed by atoms with Crippen molar-refractivity contribution in [3.63, 3.8) is 0 Å². The van der Waals surface area contributed by atoms with Crippen LogP contribution in [0.5, 0.6) is 0 Å². The van der Waals surface area contributed by atoms with Gasteiger partial charge in [0.15, 0.2) is 0 Å². The van der Waals surface area contributed by atoms with E-state index in [9.17, 15) is 0 Å². The van der Waals surface area contributed by atoms with E-state index < -0.39 is 8.32 Å². The average molecular weight is 405 g/mol. The number of hydrogen-bond donors (Lipinski definition) is 0. The van der Waals surface area contributed by atoms with E-state index in [2.05, 4.69) is 57.2 Å². The van der Waals surface area contributed by atoms with Crippen molar-refractivity contribution in [3.05, 3.63) is 75.3 Å². The van der Waals surface area contributed by atoms with Crippen molar-refractivity contribution in [1.29, 1.82) is 0 Å². The highest BCUT2D eigenvalue weighted by atomic mass is 35.5. The number of benzene rings is 2. The van der Waals surface area contributed by atoms with Crippen molar-refractivity contribution in [2.75, 3.05) is 0 Å². The van der Waals surface area contributed by atoms with Crippen LogP contribution in [0.3, 0.4) is 0 Å². The third kappa shape index (κ3) is 3.74. The molecule has 0 saturated carbocycles. The van der Waals surface area contributed by atoms with Crippen LogP contribution >= 0.6 is 23.2 Å². The number of hydrogen-bond acceptors (Lipinski definition) is 1. The lowest BCUT2D eigenvalue weighted by Gasteiger charge is -2.34. The summed E-state index contributed by atoms with van der Waals surface area (Å²) in [6.07, 6.45) is 3.20. The Morgan fingerprint density at radius 3 is 2.31 bits per heavy atom. The lowest BCUT2D eigenvalue weighted by Crippen LogP contribution is -2.35. The van der Waals surface area contributed by atoms with Crippen molar-refractivity contribution in [1.82, 2.24) is 0 Å². The van der Waals surface area contributed by atoms with Gasteiger partial charge >= 0.3 is 0 Å². The van der Waals surface area contributed by atoms with E-state index in [1.807, 2.05) is 12.1 Å². The fourth-order valence-corrected chi connectivity index (χ4v) is 6.73. The van der Waals surface area contributed by atoms with Gasteiger partial charge in [-0.3, -0.25) is 0 Å². The molecule has 0 saturated heterocycles. The van der Waals surface area contributed by atoms with Crippen LogP contribution in [0.1, 0.15) is 49.8 Å². The summed E-state index contributed by atoms with van der Waals surface area (Å²) in [6.45, 7) is 6.81. The second-order valence-corrected chi connectivity index (χ2v) is 12.5. The van der Waals surface area contributed by atoms with Crippen molar-refractivity contribution in [2.45, 2.75) is 51.2 Å². The minimum atomic E-state index is -1.70. The molecule has 0 heterocycles. The van der Waals surface area contributed by atoms with Crippen LogP contribution in [-0.4, -0.2) is 8.32 Å². The van der Waals surface area contributed by atoms with Gasteiger partial charge in [-0.25, -0.2) is 0 Å². The maximum absolute atomic E-state index is 6.73. The molecule has 2 aromatic rings. The first-order valence-corrected chi connectivity index (χ1v) is 12.8. The van der Waals surface area contributed by atoms with Crippen LogP contribution < -0.4 is 0 Å². The highest BCUT2D eigenvalue weighted by Gasteiger charge is 2.34. The molecule has 4 heteroatoms. The standard InChI is InChI=1S/C22H26Cl2OSi/c1-4-26(5-2,6-3)25-22-14-12-17(18-9-7-8-10-19(18)22)16-11-13-20(23)21(24)15-16/h7-11,13-15,17H,4-6,12H2,1-3H3/t17-/m1/s1. The largest absolute Gasteiger partial charge is 0.543 e. The van der Waals surface area contributed by atoms with E-state index in [-0.39, 0.29) is 5.92 Å². The lowest BCUT2D eigenvalue weighted by atomic mass is 9.82. The Labute approximate surface area is 168 Å². The van der Waals surface area contributed by atoms with Crippen LogP contribution in [-0.2, 0) is 4.43 Å². The third-order valence-corrected chi connectivity index (χ3v) is 11.0. The Hall–Kier alpha value is -1.22. The maximum Gasteiger partial charge on any atom is 0.250 e. The van der Waals surface area contributed by atoms with E-state index in [0.29, 0.717) is 10.0 Å². The molecule has 0 aliphatic heterocycles. The molecular formula is C22H26Cl2OSi. The van der Waals surface area contributed by atoms with Crippen LogP contribution in [0.25, 0.3) is 5.76 Å². The van der Waals surface area contributed by atoms with E-state index in [1.54, 1.807) is 0 Å². The number of halogens is 2. The molecule has 1 aliphatic carbocycles. The molecule has 1 nitrogen and oxygen atoms in total. The average Bonchev–Trinajstić information content (AvgIpc) is 2.68. The first-order valence-electron chi connectivity index (χ1n) is 9.47. The highest BCUT2D eigenvalue weighted by molar-refractivity contribution is 6.74. The van der Waals surface area contributed by atoms with Crippen LogP contribution in [0.4, 0.5) is 0 Å². The molecule has 0 unspecified atom stereocenters. The first kappa shape index (κ1) is 19.5. The Morgan fingerprint density at radius 1 is 0.962 bits per heavy atom. The Kier molecular flexibility index (Phi) is 6.16. The Balaban J connectivity index is 1.98. The summed E-state index contributed by atoms with van der Waals surface area (Å²) >= 11 is 12.4. The van der Waals surface area contributed by atoms with Gasteiger partial charge in [0.25, 0.3) is 0 Å². The second kappa shape index (κ2) is 8.20. The van der Waals surface area contributed by atoms with E-state index in [1.165, 1.54) is 16.7 Å². The van der Waals surface area contributed by atoms with E-state index >= 15 is 0 Å². The molecule has 0 aromatic heterocycles. The number of fused-ring (bicyclic) bond motifs is 1. The van der Waals surface area contributed by atoms with Gasteiger partial charge in [0, 0.05) is 11.5 Å². The smallest absolute Gasteiger partial charge is 0.250 e. The Morgan fingerprint density at radius 2 is 1.65 bits per heavy atom. The molecule has 0 spiro atoms. The molecule has 0 N–H and O–H groups in total. The van der Waals surface area contributed by atoms with Crippen molar-refractivity contribution < 1.29 is 4.43 Å². The van der Waals surface area contributed by atoms with Gasteiger partial charge in [-0.15, -0.1) is 0 Å². The molecule has 1 aliphatic rings. The zero-order chi connectivity index (χ0) is 18.7. The summed E-state index contributed by atoms with van der Waals surface area (Å²) < 4.78 is 6.73. The SMILES string of the molecule is CC[Si](CC)(CC)OC1=CC[C@H](c2ccc(Cl)c(Cl)c2)c2ccccc21. The zero-order valence-corrected chi connectivity index (χ0v) is 18.2. The summed E-state index contributed by atoms with van der Waals surface area (Å²) in [6, 6.07) is 18.0. The van der Waals surface area contributed by atoms with Gasteiger partial charge in [0.1, 0.15) is 5.76 Å². The van der Waals surface area contributed by atoms with Crippen LogP contribution in [0.15, 0.2) is 48.5 Å². The quantitative estimate of drug-likeness (QED) is 0.444. The molecule has 138 valence electrons. The van der Waals surface area contributed by atoms with Gasteiger partial charge in [0.05, 0.1) is 10.0 Å². The number of allylic oxidation sites excluding steroid dienone is 1. The summed E-state index contributed by atoms with van der Waals surface area (Å²) in [5.74, 6) is 1.36. The van der Waals surface area contributed by atoms with Gasteiger partial charge in [-0.2, -0.15) is 0 Å². The van der Waals surface area contributed by atoms with E-state index in [0.717, 1.165) is 30.3 Å². The zero-order valence-electron chi connectivity index (χ0n) is 15.7. The first-order chi connectivity index (χ1) is 12.5. The third-order valence-electron chi connectivity index (χ3n) is 5.75. The summed E-state index contributed by atoms with van der Waals surface area (Å²) in [5, 5.41) is 1.21. The maximum atomic E-state index is 6.73. The molecule has 1 atom stereocenters.